The summed E-state index contributed by atoms with van der Waals surface area (Å²) in [5, 5.41) is 2.75. The molecule has 4 rings (SSSR count). The Morgan fingerprint density at radius 1 is 0.971 bits per heavy atom. The molecule has 3 nitrogen and oxygen atoms in total. The Bertz CT molecular complexity index is 953. The largest absolute Gasteiger partial charge is 0.469 e. The molecule has 2 saturated carbocycles. The standard InChI is InChI=1S/C31H42O3Si/c1-31(2,3)35(27-14-7-5-8-15-27,28-16-9-6-10-17-28)34-23-26-20-19-25-21-24(22-29(25)26)13-11-12-18-30(32)33-4/h5-10,13-17,25-26,29H,11-12,18-23H2,1-4H3/b24-13+/t25-,26+,29-/m0/s1. The van der Waals surface area contributed by atoms with E-state index in [-0.39, 0.29) is 11.0 Å². The van der Waals surface area contributed by atoms with Crippen molar-refractivity contribution in [2.45, 2.75) is 70.8 Å². The first-order chi connectivity index (χ1) is 16.8. The highest BCUT2D eigenvalue weighted by atomic mass is 28.4. The van der Waals surface area contributed by atoms with E-state index in [1.165, 1.54) is 43.2 Å². The number of unbranched alkanes of at least 4 members (excludes halogenated alkanes) is 1. The Labute approximate surface area is 213 Å². The Morgan fingerprint density at radius 3 is 2.17 bits per heavy atom. The number of hydrogen-bond acceptors (Lipinski definition) is 3. The average molecular weight is 491 g/mol. The fourth-order valence-electron chi connectivity index (χ4n) is 6.57. The molecule has 0 spiro atoms. The first kappa shape index (κ1) is 25.9. The summed E-state index contributed by atoms with van der Waals surface area (Å²) in [6.45, 7) is 7.94. The molecule has 2 aliphatic carbocycles. The first-order valence-corrected chi connectivity index (χ1v) is 15.3. The van der Waals surface area contributed by atoms with Crippen LogP contribution in [0.4, 0.5) is 0 Å². The number of hydrogen-bond donors (Lipinski definition) is 0. The van der Waals surface area contributed by atoms with Gasteiger partial charge in [-0.05, 0) is 71.7 Å². The fraction of sp³-hybridized carbons (Fsp3) is 0.516. The van der Waals surface area contributed by atoms with Crippen molar-refractivity contribution in [3.8, 4) is 0 Å². The molecule has 0 heterocycles. The van der Waals surface area contributed by atoms with Gasteiger partial charge in [0.2, 0.25) is 0 Å². The molecular formula is C31H42O3Si. The lowest BCUT2D eigenvalue weighted by molar-refractivity contribution is -0.140. The van der Waals surface area contributed by atoms with E-state index >= 15 is 0 Å². The van der Waals surface area contributed by atoms with E-state index in [4.69, 9.17) is 9.16 Å². The Balaban J connectivity index is 1.50. The van der Waals surface area contributed by atoms with Crippen LogP contribution in [-0.4, -0.2) is 28.0 Å². The van der Waals surface area contributed by atoms with Crippen LogP contribution in [0.1, 0.15) is 65.7 Å². The summed E-state index contributed by atoms with van der Waals surface area (Å²) in [6.07, 6.45) is 9.82. The molecule has 3 atom stereocenters. The van der Waals surface area contributed by atoms with Crippen molar-refractivity contribution < 1.29 is 14.0 Å². The lowest BCUT2D eigenvalue weighted by Gasteiger charge is -2.44. The molecule has 0 amide bonds. The molecule has 2 aliphatic rings. The van der Waals surface area contributed by atoms with Gasteiger partial charge >= 0.3 is 5.97 Å². The minimum Gasteiger partial charge on any atom is -0.469 e. The van der Waals surface area contributed by atoms with Crippen molar-refractivity contribution in [2.75, 3.05) is 13.7 Å². The maximum atomic E-state index is 11.4. The van der Waals surface area contributed by atoms with Crippen LogP contribution in [0.25, 0.3) is 0 Å². The highest BCUT2D eigenvalue weighted by Crippen LogP contribution is 2.50. The molecule has 35 heavy (non-hydrogen) atoms. The van der Waals surface area contributed by atoms with Gasteiger partial charge in [0, 0.05) is 13.0 Å². The van der Waals surface area contributed by atoms with Gasteiger partial charge in [0.1, 0.15) is 0 Å². The summed E-state index contributed by atoms with van der Waals surface area (Å²) in [7, 11) is -1.01. The minimum absolute atomic E-state index is 0.0219. The zero-order valence-electron chi connectivity index (χ0n) is 22.0. The average Bonchev–Trinajstić information content (AvgIpc) is 3.43. The van der Waals surface area contributed by atoms with E-state index in [2.05, 4.69) is 87.5 Å². The molecule has 0 unspecified atom stereocenters. The Morgan fingerprint density at radius 2 is 1.60 bits per heavy atom. The van der Waals surface area contributed by atoms with Crippen molar-refractivity contribution in [1.29, 1.82) is 0 Å². The smallest absolute Gasteiger partial charge is 0.305 e. The zero-order chi connectivity index (χ0) is 24.9. The lowest BCUT2D eigenvalue weighted by Crippen LogP contribution is -2.67. The van der Waals surface area contributed by atoms with Gasteiger partial charge in [-0.3, -0.25) is 4.79 Å². The Kier molecular flexibility index (Phi) is 8.33. The number of carbonyl (C=O) groups is 1. The predicted octanol–water partition coefficient (Wildman–Crippen LogP) is 6.27. The van der Waals surface area contributed by atoms with Crippen LogP contribution in [0.5, 0.6) is 0 Å². The third-order valence-electron chi connectivity index (χ3n) is 8.32. The molecule has 2 aromatic carbocycles. The van der Waals surface area contributed by atoms with Crippen molar-refractivity contribution in [2.24, 2.45) is 17.8 Å². The summed E-state index contributed by atoms with van der Waals surface area (Å²) < 4.78 is 12.1. The highest BCUT2D eigenvalue weighted by molar-refractivity contribution is 6.99. The lowest BCUT2D eigenvalue weighted by atomic mass is 9.92. The normalized spacial score (nSPS) is 23.4. The van der Waals surface area contributed by atoms with Crippen molar-refractivity contribution in [3.05, 3.63) is 72.3 Å². The molecule has 0 aromatic heterocycles. The summed E-state index contributed by atoms with van der Waals surface area (Å²) in [4.78, 5) is 11.4. The molecule has 4 heteroatoms. The van der Waals surface area contributed by atoms with Crippen LogP contribution >= 0.6 is 0 Å². The second kappa shape index (κ2) is 11.3. The van der Waals surface area contributed by atoms with Crippen molar-refractivity contribution >= 4 is 24.7 Å². The molecule has 0 radical (unpaired) electrons. The molecule has 2 fully saturated rings. The maximum absolute atomic E-state index is 11.4. The maximum Gasteiger partial charge on any atom is 0.305 e. The SMILES string of the molecule is COC(=O)CCC/C=C1\C[C@@H]2CC[C@H](CO[Si](c3ccccc3)(c3ccccc3)C(C)(C)C)[C@H]2C1. The van der Waals surface area contributed by atoms with Gasteiger partial charge in [-0.15, -0.1) is 0 Å². The van der Waals surface area contributed by atoms with Gasteiger partial charge in [0.25, 0.3) is 8.32 Å². The number of carbonyl (C=O) groups excluding carboxylic acids is 1. The van der Waals surface area contributed by atoms with Gasteiger partial charge in [0.15, 0.2) is 0 Å². The van der Waals surface area contributed by atoms with Gasteiger partial charge in [0.05, 0.1) is 7.11 Å². The van der Waals surface area contributed by atoms with E-state index < -0.39 is 8.32 Å². The fourth-order valence-corrected chi connectivity index (χ4v) is 11.2. The third kappa shape index (κ3) is 5.64. The van der Waals surface area contributed by atoms with Crippen LogP contribution in [0, 0.1) is 17.8 Å². The van der Waals surface area contributed by atoms with E-state index in [1.807, 2.05) is 0 Å². The van der Waals surface area contributed by atoms with Crippen LogP contribution in [0.2, 0.25) is 5.04 Å². The number of benzene rings is 2. The van der Waals surface area contributed by atoms with E-state index in [9.17, 15) is 4.79 Å². The first-order valence-electron chi connectivity index (χ1n) is 13.3. The molecule has 2 aromatic rings. The minimum atomic E-state index is -2.48. The van der Waals surface area contributed by atoms with E-state index in [0.29, 0.717) is 12.3 Å². The number of allylic oxidation sites excluding steroid dienone is 2. The van der Waals surface area contributed by atoms with E-state index in [1.54, 1.807) is 5.57 Å². The van der Waals surface area contributed by atoms with Gasteiger partial charge in [-0.2, -0.15) is 0 Å². The van der Waals surface area contributed by atoms with Gasteiger partial charge in [-0.1, -0.05) is 93.1 Å². The molecule has 0 bridgehead atoms. The highest BCUT2D eigenvalue weighted by Gasteiger charge is 2.51. The summed E-state index contributed by atoms with van der Waals surface area (Å²) in [5.74, 6) is 2.06. The second-order valence-corrected chi connectivity index (χ2v) is 15.8. The van der Waals surface area contributed by atoms with Gasteiger partial charge in [-0.25, -0.2) is 0 Å². The van der Waals surface area contributed by atoms with Crippen LogP contribution in [0.3, 0.4) is 0 Å². The van der Waals surface area contributed by atoms with Crippen LogP contribution in [0.15, 0.2) is 72.3 Å². The predicted molar refractivity (Wildman–Crippen MR) is 146 cm³/mol. The van der Waals surface area contributed by atoms with Crippen LogP contribution in [-0.2, 0) is 14.0 Å². The summed E-state index contributed by atoms with van der Waals surface area (Å²) in [5.41, 5.74) is 1.60. The van der Waals surface area contributed by atoms with Crippen molar-refractivity contribution in [3.63, 3.8) is 0 Å². The number of methoxy groups -OCH3 is 1. The third-order valence-corrected chi connectivity index (χ3v) is 13.3. The zero-order valence-corrected chi connectivity index (χ0v) is 23.0. The molecule has 0 saturated heterocycles. The quantitative estimate of drug-likeness (QED) is 0.180. The summed E-state index contributed by atoms with van der Waals surface area (Å²) in [6, 6.07) is 22.0. The Hall–Kier alpha value is -2.17. The summed E-state index contributed by atoms with van der Waals surface area (Å²) >= 11 is 0. The van der Waals surface area contributed by atoms with Crippen LogP contribution < -0.4 is 10.4 Å². The number of rotatable bonds is 9. The second-order valence-electron chi connectivity index (χ2n) is 11.5. The number of fused-ring (bicyclic) bond motifs is 1. The van der Waals surface area contributed by atoms with Crippen molar-refractivity contribution in [1.82, 2.24) is 0 Å². The molecule has 0 aliphatic heterocycles. The topological polar surface area (TPSA) is 35.5 Å². The molecule has 0 N–H and O–H groups in total. The van der Waals surface area contributed by atoms with E-state index in [0.717, 1.165) is 31.3 Å². The molecule has 188 valence electrons. The monoisotopic (exact) mass is 490 g/mol. The number of ether oxygens (including phenoxy) is 1. The van der Waals surface area contributed by atoms with Gasteiger partial charge < -0.3 is 9.16 Å². The molecular weight excluding hydrogens is 448 g/mol. The number of esters is 1.